The number of anilines is 1. The number of nitrogens with zero attached hydrogens (tertiary/aromatic N) is 1. The zero-order valence-corrected chi connectivity index (χ0v) is 10.8. The maximum Gasteiger partial charge on any atom is 0.299 e. The number of carbonyl (C=O) groups excluding carboxylic acids is 2. The average molecular weight is 246 g/mol. The van der Waals surface area contributed by atoms with Crippen LogP contribution in [0, 0.1) is 6.92 Å². The number of para-hydroxylation sites is 1. The van der Waals surface area contributed by atoms with Gasteiger partial charge in [0.2, 0.25) is 0 Å². The van der Waals surface area contributed by atoms with Crippen molar-refractivity contribution in [1.82, 2.24) is 5.32 Å². The van der Waals surface area contributed by atoms with E-state index in [1.54, 1.807) is 11.0 Å². The number of amides is 1. The number of hydrogen-bond donors (Lipinski definition) is 1. The second-order valence-electron chi connectivity index (χ2n) is 4.46. The molecule has 1 N–H and O–H groups in total. The van der Waals surface area contributed by atoms with Crippen LogP contribution in [-0.2, 0) is 4.79 Å². The Balaban J connectivity index is 2.17. The molecule has 4 heteroatoms. The van der Waals surface area contributed by atoms with Crippen LogP contribution in [0.5, 0.6) is 0 Å². The molecule has 0 fully saturated rings. The second-order valence-corrected chi connectivity index (χ2v) is 4.46. The predicted octanol–water partition coefficient (Wildman–Crippen LogP) is 1.52. The molecule has 1 aliphatic rings. The summed E-state index contributed by atoms with van der Waals surface area (Å²) in [4.78, 5) is 25.4. The molecule has 0 atom stereocenters. The largest absolute Gasteiger partial charge is 0.317 e. The maximum absolute atomic E-state index is 11.9. The highest BCUT2D eigenvalue weighted by Gasteiger charge is 2.36. The van der Waals surface area contributed by atoms with Gasteiger partial charge in [-0.2, -0.15) is 0 Å². The smallest absolute Gasteiger partial charge is 0.299 e. The van der Waals surface area contributed by atoms with Crippen molar-refractivity contribution in [3.8, 4) is 0 Å². The SMILES string of the molecule is CCNCCCN1C(=O)C(=O)c2cccc(C)c21. The van der Waals surface area contributed by atoms with Gasteiger partial charge in [-0.25, -0.2) is 0 Å². The van der Waals surface area contributed by atoms with Crippen molar-refractivity contribution >= 4 is 17.4 Å². The summed E-state index contributed by atoms with van der Waals surface area (Å²) in [6.45, 7) is 6.35. The molecule has 1 aromatic rings. The van der Waals surface area contributed by atoms with Gasteiger partial charge in [0.05, 0.1) is 11.3 Å². The molecule has 1 aromatic carbocycles. The Labute approximate surface area is 107 Å². The van der Waals surface area contributed by atoms with E-state index in [1.807, 2.05) is 26.0 Å². The van der Waals surface area contributed by atoms with Crippen LogP contribution in [0.2, 0.25) is 0 Å². The Morgan fingerprint density at radius 3 is 2.78 bits per heavy atom. The molecule has 0 spiro atoms. The van der Waals surface area contributed by atoms with Gasteiger partial charge < -0.3 is 10.2 Å². The number of ketones is 1. The number of rotatable bonds is 5. The molecule has 0 aliphatic carbocycles. The van der Waals surface area contributed by atoms with Crippen molar-refractivity contribution < 1.29 is 9.59 Å². The van der Waals surface area contributed by atoms with Gasteiger partial charge in [-0.05, 0) is 38.1 Å². The Morgan fingerprint density at radius 2 is 2.06 bits per heavy atom. The normalized spacial score (nSPS) is 14.2. The molecular weight excluding hydrogens is 228 g/mol. The third-order valence-electron chi connectivity index (χ3n) is 3.18. The topological polar surface area (TPSA) is 49.4 Å². The highest BCUT2D eigenvalue weighted by molar-refractivity contribution is 6.52. The van der Waals surface area contributed by atoms with Crippen LogP contribution in [0.4, 0.5) is 5.69 Å². The van der Waals surface area contributed by atoms with Gasteiger partial charge in [0, 0.05) is 6.54 Å². The summed E-state index contributed by atoms with van der Waals surface area (Å²) in [5.74, 6) is -0.770. The minimum absolute atomic E-state index is 0.378. The van der Waals surface area contributed by atoms with Crippen LogP contribution in [-0.4, -0.2) is 31.3 Å². The molecule has 0 radical (unpaired) electrons. The number of Topliss-reactive ketones (excluding diaryl/α,β-unsaturated/α-hetero) is 1. The minimum Gasteiger partial charge on any atom is -0.317 e. The summed E-state index contributed by atoms with van der Waals surface area (Å²) in [7, 11) is 0. The van der Waals surface area contributed by atoms with E-state index >= 15 is 0 Å². The van der Waals surface area contributed by atoms with Gasteiger partial charge in [-0.15, -0.1) is 0 Å². The molecule has 96 valence electrons. The van der Waals surface area contributed by atoms with Gasteiger partial charge in [-0.3, -0.25) is 9.59 Å². The summed E-state index contributed by atoms with van der Waals surface area (Å²) in [5.41, 5.74) is 2.32. The Hall–Kier alpha value is -1.68. The number of benzene rings is 1. The number of nitrogens with one attached hydrogen (secondary N) is 1. The van der Waals surface area contributed by atoms with Crippen LogP contribution in [0.1, 0.15) is 29.3 Å². The fourth-order valence-corrected chi connectivity index (χ4v) is 2.29. The monoisotopic (exact) mass is 246 g/mol. The quantitative estimate of drug-likeness (QED) is 0.633. The summed E-state index contributed by atoms with van der Waals surface area (Å²) in [5, 5.41) is 3.21. The van der Waals surface area contributed by atoms with E-state index in [0.717, 1.165) is 30.8 Å². The first-order valence-electron chi connectivity index (χ1n) is 6.33. The minimum atomic E-state index is -0.393. The fourth-order valence-electron chi connectivity index (χ4n) is 2.29. The van der Waals surface area contributed by atoms with E-state index in [-0.39, 0.29) is 5.78 Å². The van der Waals surface area contributed by atoms with Gasteiger partial charge in [0.15, 0.2) is 0 Å². The molecular formula is C14H18N2O2. The number of carbonyl (C=O) groups is 2. The van der Waals surface area contributed by atoms with Crippen molar-refractivity contribution in [2.75, 3.05) is 24.5 Å². The van der Waals surface area contributed by atoms with Crippen molar-refractivity contribution in [3.05, 3.63) is 29.3 Å². The van der Waals surface area contributed by atoms with Crippen molar-refractivity contribution in [2.45, 2.75) is 20.3 Å². The lowest BCUT2D eigenvalue weighted by Crippen LogP contribution is -2.32. The highest BCUT2D eigenvalue weighted by Crippen LogP contribution is 2.31. The van der Waals surface area contributed by atoms with Crippen LogP contribution in [0.3, 0.4) is 0 Å². The van der Waals surface area contributed by atoms with Gasteiger partial charge in [0.1, 0.15) is 0 Å². The fraction of sp³-hybridized carbons (Fsp3) is 0.429. The van der Waals surface area contributed by atoms with Crippen LogP contribution in [0.15, 0.2) is 18.2 Å². The zero-order valence-electron chi connectivity index (χ0n) is 10.8. The third-order valence-corrected chi connectivity index (χ3v) is 3.18. The molecule has 18 heavy (non-hydrogen) atoms. The molecule has 4 nitrogen and oxygen atoms in total. The highest BCUT2D eigenvalue weighted by atomic mass is 16.2. The summed E-state index contributed by atoms with van der Waals surface area (Å²) in [6.07, 6.45) is 0.848. The molecule has 0 saturated heterocycles. The molecule has 0 aromatic heterocycles. The first-order valence-corrected chi connectivity index (χ1v) is 6.33. The lowest BCUT2D eigenvalue weighted by atomic mass is 10.1. The zero-order chi connectivity index (χ0) is 13.1. The third kappa shape index (κ3) is 2.16. The molecule has 0 bridgehead atoms. The number of fused-ring (bicyclic) bond motifs is 1. The predicted molar refractivity (Wildman–Crippen MR) is 71.0 cm³/mol. The molecule has 1 aliphatic heterocycles. The first kappa shape index (κ1) is 12.8. The Morgan fingerprint density at radius 1 is 1.28 bits per heavy atom. The van der Waals surface area contributed by atoms with E-state index in [2.05, 4.69) is 5.32 Å². The second kappa shape index (κ2) is 5.31. The average Bonchev–Trinajstić information content (AvgIpc) is 2.61. The van der Waals surface area contributed by atoms with E-state index in [9.17, 15) is 9.59 Å². The Kier molecular flexibility index (Phi) is 3.77. The van der Waals surface area contributed by atoms with Crippen LogP contribution in [0.25, 0.3) is 0 Å². The Bertz CT molecular complexity index is 483. The van der Waals surface area contributed by atoms with Gasteiger partial charge in [-0.1, -0.05) is 19.1 Å². The van der Waals surface area contributed by atoms with Gasteiger partial charge >= 0.3 is 0 Å². The van der Waals surface area contributed by atoms with Crippen molar-refractivity contribution in [3.63, 3.8) is 0 Å². The van der Waals surface area contributed by atoms with Crippen molar-refractivity contribution in [1.29, 1.82) is 0 Å². The lowest BCUT2D eigenvalue weighted by molar-refractivity contribution is -0.114. The number of aryl methyl sites for hydroxylation is 1. The number of hydrogen-bond acceptors (Lipinski definition) is 3. The lowest BCUT2D eigenvalue weighted by Gasteiger charge is -2.18. The van der Waals surface area contributed by atoms with E-state index in [0.29, 0.717) is 12.1 Å². The van der Waals surface area contributed by atoms with E-state index in [1.165, 1.54) is 0 Å². The summed E-state index contributed by atoms with van der Waals surface area (Å²) in [6, 6.07) is 5.48. The molecule has 0 saturated carbocycles. The molecule has 0 unspecified atom stereocenters. The molecule has 1 amide bonds. The summed E-state index contributed by atoms with van der Waals surface area (Å²) >= 11 is 0. The molecule has 2 rings (SSSR count). The molecule has 1 heterocycles. The standard InChI is InChI=1S/C14H18N2O2/c1-3-15-8-5-9-16-12-10(2)6-4-7-11(12)13(17)14(16)18/h4,6-7,15H,3,5,8-9H2,1-2H3. The van der Waals surface area contributed by atoms with Crippen molar-refractivity contribution in [2.24, 2.45) is 0 Å². The summed E-state index contributed by atoms with van der Waals surface area (Å²) < 4.78 is 0. The van der Waals surface area contributed by atoms with Gasteiger partial charge in [0.25, 0.3) is 11.7 Å². The van der Waals surface area contributed by atoms with E-state index in [4.69, 9.17) is 0 Å². The van der Waals surface area contributed by atoms with Crippen LogP contribution >= 0.6 is 0 Å². The van der Waals surface area contributed by atoms with Crippen LogP contribution < -0.4 is 10.2 Å². The van der Waals surface area contributed by atoms with E-state index < -0.39 is 5.91 Å². The first-order chi connectivity index (χ1) is 8.66. The maximum atomic E-state index is 11.9.